The van der Waals surface area contributed by atoms with Crippen LogP contribution in [0.1, 0.15) is 30.5 Å². The number of nitrogens with zero attached hydrogens (tertiary/aromatic N) is 4. The van der Waals surface area contributed by atoms with Crippen molar-refractivity contribution >= 4 is 17.4 Å². The highest BCUT2D eigenvalue weighted by molar-refractivity contribution is 6.33. The number of nitrogens with one attached hydrogen (secondary N) is 2. The first-order chi connectivity index (χ1) is 10.5. The molecule has 1 aliphatic heterocycles. The van der Waals surface area contributed by atoms with Gasteiger partial charge in [0.2, 0.25) is 0 Å². The van der Waals surface area contributed by atoms with Crippen LogP contribution in [0.15, 0.2) is 29.5 Å². The van der Waals surface area contributed by atoms with Gasteiger partial charge in [-0.05, 0) is 39.3 Å². The van der Waals surface area contributed by atoms with Crippen molar-refractivity contribution in [1.29, 1.82) is 0 Å². The summed E-state index contributed by atoms with van der Waals surface area (Å²) in [6.07, 6.45) is 1.74. The fourth-order valence-corrected chi connectivity index (χ4v) is 2.76. The molecular weight excluding hydrogens is 300 g/mol. The normalized spacial score (nSPS) is 14.5. The number of hydrazone groups is 1. The van der Waals surface area contributed by atoms with E-state index in [0.717, 1.165) is 22.6 Å². The smallest absolute Gasteiger partial charge is 0.178 e. The summed E-state index contributed by atoms with van der Waals surface area (Å²) in [5, 5.41) is 11.1. The number of halogens is 1. The average Bonchev–Trinajstić information content (AvgIpc) is 3.05. The summed E-state index contributed by atoms with van der Waals surface area (Å²) in [6.45, 7) is 8.25. The summed E-state index contributed by atoms with van der Waals surface area (Å²) in [6, 6.07) is 6.43. The molecule has 1 aromatic carbocycles. The van der Waals surface area contributed by atoms with Crippen molar-refractivity contribution in [2.24, 2.45) is 5.10 Å². The quantitative estimate of drug-likeness (QED) is 0.913. The topological polar surface area (TPSA) is 57.5 Å². The van der Waals surface area contributed by atoms with E-state index in [-0.39, 0.29) is 6.04 Å². The van der Waals surface area contributed by atoms with Gasteiger partial charge in [-0.15, -0.1) is 10.6 Å². The Kier molecular flexibility index (Phi) is 3.80. The molecule has 0 radical (unpaired) electrons. The maximum absolute atomic E-state index is 6.56. The largest absolute Gasteiger partial charge is 0.268 e. The number of aryl methyl sites for hydroxylation is 2. The van der Waals surface area contributed by atoms with Crippen molar-refractivity contribution < 1.29 is 0 Å². The van der Waals surface area contributed by atoms with Gasteiger partial charge in [0.05, 0.1) is 17.4 Å². The van der Waals surface area contributed by atoms with Crippen LogP contribution < -0.4 is 11.1 Å². The second-order valence-electron chi connectivity index (χ2n) is 5.67. The van der Waals surface area contributed by atoms with E-state index in [1.807, 2.05) is 11.1 Å². The summed E-state index contributed by atoms with van der Waals surface area (Å²) in [5.74, 6) is 0.732. The molecule has 0 amide bonds. The van der Waals surface area contributed by atoms with Gasteiger partial charge in [0, 0.05) is 6.04 Å². The first-order valence-electron chi connectivity index (χ1n) is 7.18. The number of aromatic nitrogens is 2. The minimum Gasteiger partial charge on any atom is -0.268 e. The third kappa shape index (κ3) is 2.44. The Morgan fingerprint density at radius 1 is 1.23 bits per heavy atom. The summed E-state index contributed by atoms with van der Waals surface area (Å²) in [4.78, 5) is 0. The van der Waals surface area contributed by atoms with Crippen LogP contribution in [0.2, 0.25) is 5.15 Å². The van der Waals surface area contributed by atoms with Crippen molar-refractivity contribution in [3.05, 3.63) is 46.2 Å². The molecule has 0 atom stereocenters. The summed E-state index contributed by atoms with van der Waals surface area (Å²) in [7, 11) is 0. The molecule has 0 fully saturated rings. The lowest BCUT2D eigenvalue weighted by molar-refractivity contribution is 0.246. The second kappa shape index (κ2) is 5.62. The fraction of sp³-hybridized carbons (Fsp3) is 0.333. The van der Waals surface area contributed by atoms with Gasteiger partial charge in [0.25, 0.3) is 0 Å². The minimum atomic E-state index is 0.231. The number of hydrogen-bond acceptors (Lipinski definition) is 5. The zero-order valence-electron chi connectivity index (χ0n) is 13.1. The second-order valence-corrected chi connectivity index (χ2v) is 6.03. The van der Waals surface area contributed by atoms with Crippen LogP contribution >= 0.6 is 11.6 Å². The molecule has 0 spiro atoms. The predicted molar refractivity (Wildman–Crippen MR) is 87.8 cm³/mol. The van der Waals surface area contributed by atoms with Crippen LogP contribution in [0.3, 0.4) is 0 Å². The molecule has 116 valence electrons. The van der Waals surface area contributed by atoms with Crippen molar-refractivity contribution in [2.45, 2.75) is 33.7 Å². The first-order valence-corrected chi connectivity index (χ1v) is 7.56. The number of hydrazine groups is 2. The van der Waals surface area contributed by atoms with Gasteiger partial charge in [-0.25, -0.2) is 10.2 Å². The maximum Gasteiger partial charge on any atom is 0.178 e. The number of hydrogen-bond donors (Lipinski definition) is 2. The minimum absolute atomic E-state index is 0.231. The lowest BCUT2D eigenvalue weighted by Gasteiger charge is -2.22. The van der Waals surface area contributed by atoms with Crippen molar-refractivity contribution in [3.63, 3.8) is 0 Å². The average molecular weight is 319 g/mol. The molecular formula is C15H19ClN6. The van der Waals surface area contributed by atoms with Crippen molar-refractivity contribution in [3.8, 4) is 5.69 Å². The van der Waals surface area contributed by atoms with Crippen molar-refractivity contribution in [1.82, 2.24) is 25.9 Å². The molecule has 3 rings (SSSR count). The van der Waals surface area contributed by atoms with Gasteiger partial charge in [-0.3, -0.25) is 5.01 Å². The van der Waals surface area contributed by atoms with E-state index in [1.54, 1.807) is 10.9 Å². The Morgan fingerprint density at radius 2 is 2.00 bits per heavy atom. The van der Waals surface area contributed by atoms with Gasteiger partial charge in [0.15, 0.2) is 5.84 Å². The molecule has 0 bridgehead atoms. The van der Waals surface area contributed by atoms with Crippen molar-refractivity contribution in [2.75, 3.05) is 0 Å². The van der Waals surface area contributed by atoms with Gasteiger partial charge >= 0.3 is 0 Å². The van der Waals surface area contributed by atoms with Gasteiger partial charge in [0.1, 0.15) is 5.15 Å². The van der Waals surface area contributed by atoms with Crippen LogP contribution in [-0.2, 0) is 0 Å². The predicted octanol–water partition coefficient (Wildman–Crippen LogP) is 2.54. The summed E-state index contributed by atoms with van der Waals surface area (Å²) in [5.41, 5.74) is 9.84. The third-order valence-electron chi connectivity index (χ3n) is 3.61. The lowest BCUT2D eigenvalue weighted by atomic mass is 10.1. The molecule has 22 heavy (non-hydrogen) atoms. The van der Waals surface area contributed by atoms with Crippen LogP contribution in [-0.4, -0.2) is 26.7 Å². The fourth-order valence-electron chi connectivity index (χ4n) is 2.50. The van der Waals surface area contributed by atoms with E-state index in [4.69, 9.17) is 11.6 Å². The van der Waals surface area contributed by atoms with E-state index < -0.39 is 0 Å². The maximum atomic E-state index is 6.56. The Morgan fingerprint density at radius 3 is 2.68 bits per heavy atom. The summed E-state index contributed by atoms with van der Waals surface area (Å²) < 4.78 is 1.74. The Bertz CT molecular complexity index is 734. The van der Waals surface area contributed by atoms with Gasteiger partial charge < -0.3 is 0 Å². The van der Waals surface area contributed by atoms with Crippen LogP contribution in [0.4, 0.5) is 0 Å². The molecule has 0 unspecified atom stereocenters. The Hall–Kier alpha value is -2.05. The molecule has 2 aromatic rings. The monoisotopic (exact) mass is 318 g/mol. The van der Waals surface area contributed by atoms with Gasteiger partial charge in [-0.2, -0.15) is 5.10 Å². The molecule has 0 aliphatic carbocycles. The molecule has 2 heterocycles. The van der Waals surface area contributed by atoms with Crippen LogP contribution in [0.5, 0.6) is 0 Å². The number of benzene rings is 1. The molecule has 1 aliphatic rings. The highest BCUT2D eigenvalue weighted by atomic mass is 35.5. The molecule has 0 saturated heterocycles. The zero-order valence-corrected chi connectivity index (χ0v) is 13.8. The molecule has 0 saturated carbocycles. The zero-order chi connectivity index (χ0) is 15.9. The Balaban J connectivity index is 2.03. The highest BCUT2D eigenvalue weighted by Crippen LogP contribution is 2.25. The molecule has 7 heteroatoms. The van der Waals surface area contributed by atoms with E-state index >= 15 is 0 Å². The van der Waals surface area contributed by atoms with E-state index in [0.29, 0.717) is 5.15 Å². The summed E-state index contributed by atoms with van der Waals surface area (Å²) >= 11 is 6.56. The SMILES string of the molecule is Cc1ccc(-n2ncc(C3=NNNN3C(C)C)c2Cl)c(C)c1. The van der Waals surface area contributed by atoms with E-state index in [1.165, 1.54) is 5.56 Å². The number of amidine groups is 1. The number of rotatable bonds is 3. The lowest BCUT2D eigenvalue weighted by Crippen LogP contribution is -2.45. The standard InChI is InChI=1S/C15H19ClN6/c1-9(2)21-15(18-19-20-21)12-8-17-22(14(12)16)13-6-5-10(3)7-11(13)4/h5-9,19-20H,1-4H3. The van der Waals surface area contributed by atoms with Crippen LogP contribution in [0.25, 0.3) is 5.69 Å². The van der Waals surface area contributed by atoms with Gasteiger partial charge in [-0.1, -0.05) is 29.3 Å². The molecule has 6 nitrogen and oxygen atoms in total. The highest BCUT2D eigenvalue weighted by Gasteiger charge is 2.26. The first kappa shape index (κ1) is 14.9. The Labute approximate surface area is 134 Å². The van der Waals surface area contributed by atoms with E-state index in [9.17, 15) is 0 Å². The molecule has 2 N–H and O–H groups in total. The third-order valence-corrected chi connectivity index (χ3v) is 3.97. The van der Waals surface area contributed by atoms with E-state index in [2.05, 4.69) is 61.1 Å². The van der Waals surface area contributed by atoms with Crippen LogP contribution in [0, 0.1) is 13.8 Å². The molecule has 1 aromatic heterocycles.